The van der Waals surface area contributed by atoms with Crippen molar-refractivity contribution in [3.05, 3.63) is 29.3 Å². The topological polar surface area (TPSA) is 68.6 Å². The predicted molar refractivity (Wildman–Crippen MR) is 108 cm³/mol. The molecule has 156 valence electrons. The zero-order chi connectivity index (χ0) is 20.8. The second-order valence-corrected chi connectivity index (χ2v) is 9.53. The minimum atomic E-state index is -1.11. The van der Waals surface area contributed by atoms with E-state index in [0.29, 0.717) is 17.8 Å². The first-order chi connectivity index (χ1) is 13.8. The van der Waals surface area contributed by atoms with Gasteiger partial charge in [-0.1, -0.05) is 13.0 Å². The number of carbonyl (C=O) groups is 1. The molecular weight excluding hydrogens is 366 g/mol. The largest absolute Gasteiger partial charge is 0.497 e. The van der Waals surface area contributed by atoms with Crippen LogP contribution in [0, 0.1) is 34.5 Å². The van der Waals surface area contributed by atoms with Crippen LogP contribution in [0.3, 0.4) is 0 Å². The molecule has 0 bridgehead atoms. The third-order valence-electron chi connectivity index (χ3n) is 8.15. The molecule has 0 amide bonds. The van der Waals surface area contributed by atoms with Gasteiger partial charge < -0.3 is 4.74 Å². The van der Waals surface area contributed by atoms with Gasteiger partial charge in [-0.3, -0.25) is 4.89 Å². The lowest BCUT2D eigenvalue weighted by atomic mass is 9.53. The molecule has 1 unspecified atom stereocenters. The van der Waals surface area contributed by atoms with Gasteiger partial charge in [-0.05, 0) is 91.9 Å². The van der Waals surface area contributed by atoms with Crippen LogP contribution in [0.5, 0.6) is 5.75 Å². The summed E-state index contributed by atoms with van der Waals surface area (Å²) >= 11 is 0. The Labute approximate surface area is 173 Å². The molecular formula is C24H31NO4. The van der Waals surface area contributed by atoms with Crippen LogP contribution in [0.25, 0.3) is 0 Å². The Morgan fingerprint density at radius 1 is 1.28 bits per heavy atom. The Morgan fingerprint density at radius 2 is 2.07 bits per heavy atom. The predicted octanol–water partition coefficient (Wildman–Crippen LogP) is 4.94. The Hall–Kier alpha value is -2.06. The lowest BCUT2D eigenvalue weighted by Crippen LogP contribution is -2.49. The van der Waals surface area contributed by atoms with E-state index in [-0.39, 0.29) is 11.3 Å². The van der Waals surface area contributed by atoms with Crippen molar-refractivity contribution in [2.24, 2.45) is 23.2 Å². The molecule has 1 aromatic carbocycles. The summed E-state index contributed by atoms with van der Waals surface area (Å²) in [5.74, 6) is 2.27. The number of aryl methyl sites for hydroxylation is 1. The van der Waals surface area contributed by atoms with Gasteiger partial charge >= 0.3 is 5.97 Å². The lowest BCUT2D eigenvalue weighted by Gasteiger charge is -2.52. The third-order valence-corrected chi connectivity index (χ3v) is 8.15. The van der Waals surface area contributed by atoms with Crippen molar-refractivity contribution in [2.45, 2.75) is 70.8 Å². The molecule has 29 heavy (non-hydrogen) atoms. The summed E-state index contributed by atoms with van der Waals surface area (Å²) in [6.45, 7) is 5.42. The molecule has 0 spiro atoms. The molecule has 0 radical (unpaired) electrons. The molecule has 0 heterocycles. The van der Waals surface area contributed by atoms with Crippen LogP contribution in [-0.2, 0) is 21.0 Å². The quantitative estimate of drug-likeness (QED) is 0.531. The number of fused-ring (bicyclic) bond motifs is 5. The zero-order valence-corrected chi connectivity index (χ0v) is 17.9. The molecule has 0 aromatic heterocycles. The number of nitrogens with zero attached hydrogens (tertiary/aromatic N) is 1. The second-order valence-electron chi connectivity index (χ2n) is 9.53. The Kier molecular flexibility index (Phi) is 5.11. The molecule has 2 fully saturated rings. The average Bonchev–Trinajstić information content (AvgIpc) is 3.09. The Bertz CT molecular complexity index is 846. The highest BCUT2D eigenvalue weighted by atomic mass is 17.2. The molecule has 5 heteroatoms. The fourth-order valence-corrected chi connectivity index (χ4v) is 6.89. The molecule has 0 aliphatic heterocycles. The van der Waals surface area contributed by atoms with Gasteiger partial charge in [-0.2, -0.15) is 10.1 Å². The summed E-state index contributed by atoms with van der Waals surface area (Å²) in [7, 11) is 1.72. The maximum Gasteiger partial charge on any atom is 0.339 e. The maximum atomic E-state index is 11.3. The highest BCUT2D eigenvalue weighted by Gasteiger charge is 2.60. The van der Waals surface area contributed by atoms with Crippen molar-refractivity contribution in [2.75, 3.05) is 7.11 Å². The van der Waals surface area contributed by atoms with E-state index in [9.17, 15) is 10.1 Å². The lowest BCUT2D eigenvalue weighted by molar-refractivity contribution is -0.330. The number of carbonyl (C=O) groups excluding carboxylic acids is 1. The minimum Gasteiger partial charge on any atom is -0.497 e. The molecule has 3 aliphatic rings. The van der Waals surface area contributed by atoms with Crippen LogP contribution in [0.2, 0.25) is 0 Å². The van der Waals surface area contributed by atoms with Crippen molar-refractivity contribution in [3.63, 3.8) is 0 Å². The normalized spacial score (nSPS) is 34.7. The van der Waals surface area contributed by atoms with Gasteiger partial charge in [0.1, 0.15) is 11.8 Å². The van der Waals surface area contributed by atoms with E-state index in [0.717, 1.165) is 37.9 Å². The van der Waals surface area contributed by atoms with Crippen LogP contribution in [0.1, 0.15) is 69.9 Å². The number of nitriles is 1. The molecule has 0 saturated heterocycles. The molecule has 6 atom stereocenters. The van der Waals surface area contributed by atoms with Gasteiger partial charge in [0, 0.05) is 12.8 Å². The van der Waals surface area contributed by atoms with E-state index in [1.165, 1.54) is 24.5 Å². The highest BCUT2D eigenvalue weighted by Crippen LogP contribution is 2.65. The van der Waals surface area contributed by atoms with E-state index in [4.69, 9.17) is 14.5 Å². The Balaban J connectivity index is 1.60. The van der Waals surface area contributed by atoms with Gasteiger partial charge in [-0.25, -0.2) is 4.79 Å². The number of methoxy groups -OCH3 is 1. The van der Waals surface area contributed by atoms with E-state index in [1.807, 2.05) is 0 Å². The molecule has 4 rings (SSSR count). The van der Waals surface area contributed by atoms with E-state index < -0.39 is 11.6 Å². The fraction of sp³-hybridized carbons (Fsp3) is 0.667. The molecule has 3 aliphatic carbocycles. The fourth-order valence-electron chi connectivity index (χ4n) is 6.89. The van der Waals surface area contributed by atoms with E-state index >= 15 is 0 Å². The van der Waals surface area contributed by atoms with Crippen molar-refractivity contribution >= 4 is 5.97 Å². The van der Waals surface area contributed by atoms with Crippen molar-refractivity contribution in [1.29, 1.82) is 5.26 Å². The number of hydrogen-bond donors (Lipinski definition) is 0. The SMILES string of the molecule is COc1ccc2c(c1)CC[C@@H]1[C@@H]2CC[C@]2(C)[C@@H](C(C)(C#N)OOC(C)=O)CC[C@@H]12. The first-order valence-electron chi connectivity index (χ1n) is 10.8. The van der Waals surface area contributed by atoms with Crippen LogP contribution < -0.4 is 4.74 Å². The number of hydrogen-bond acceptors (Lipinski definition) is 5. The van der Waals surface area contributed by atoms with E-state index in [1.54, 1.807) is 14.0 Å². The minimum absolute atomic E-state index is 0.0236. The van der Waals surface area contributed by atoms with E-state index in [2.05, 4.69) is 31.2 Å². The van der Waals surface area contributed by atoms with Crippen LogP contribution in [-0.4, -0.2) is 18.7 Å². The smallest absolute Gasteiger partial charge is 0.339 e. The summed E-state index contributed by atoms with van der Waals surface area (Å²) in [6, 6.07) is 8.88. The van der Waals surface area contributed by atoms with Crippen LogP contribution >= 0.6 is 0 Å². The zero-order valence-electron chi connectivity index (χ0n) is 17.9. The van der Waals surface area contributed by atoms with Gasteiger partial charge in [0.25, 0.3) is 0 Å². The van der Waals surface area contributed by atoms with Crippen molar-refractivity contribution in [1.82, 2.24) is 0 Å². The molecule has 5 nitrogen and oxygen atoms in total. The Morgan fingerprint density at radius 3 is 2.76 bits per heavy atom. The summed E-state index contributed by atoms with van der Waals surface area (Å²) in [6.07, 6.45) is 6.51. The highest BCUT2D eigenvalue weighted by molar-refractivity contribution is 5.65. The van der Waals surface area contributed by atoms with Crippen molar-refractivity contribution < 1.29 is 19.3 Å². The average molecular weight is 398 g/mol. The second kappa shape index (κ2) is 7.32. The number of benzene rings is 1. The number of rotatable bonds is 4. The maximum absolute atomic E-state index is 11.3. The number of ether oxygens (including phenoxy) is 1. The third kappa shape index (κ3) is 3.22. The first-order valence-corrected chi connectivity index (χ1v) is 10.8. The summed E-state index contributed by atoms with van der Waals surface area (Å²) in [5.41, 5.74) is 1.84. The monoisotopic (exact) mass is 397 g/mol. The van der Waals surface area contributed by atoms with Crippen LogP contribution in [0.15, 0.2) is 18.2 Å². The van der Waals surface area contributed by atoms with Gasteiger partial charge in [0.2, 0.25) is 5.60 Å². The van der Waals surface area contributed by atoms with Gasteiger partial charge in [0.15, 0.2) is 0 Å². The molecule has 0 N–H and O–H groups in total. The van der Waals surface area contributed by atoms with Crippen LogP contribution in [0.4, 0.5) is 0 Å². The van der Waals surface area contributed by atoms with Gasteiger partial charge in [-0.15, -0.1) is 0 Å². The summed E-state index contributed by atoms with van der Waals surface area (Å²) < 4.78 is 5.42. The standard InChI is InChI=1S/C24H31NO4/c1-15(26)28-29-24(3,14-25)22-10-9-21-20-7-5-16-13-17(27-4)6-8-18(16)19(20)11-12-23(21,22)2/h6,8,13,19-22H,5,7,9-12H2,1-4H3/t19-,20-,21+,22+,23+,24?/m1/s1. The van der Waals surface area contributed by atoms with Crippen molar-refractivity contribution in [3.8, 4) is 11.8 Å². The summed E-state index contributed by atoms with van der Waals surface area (Å²) in [5, 5.41) is 9.90. The summed E-state index contributed by atoms with van der Waals surface area (Å²) in [4.78, 5) is 21.5. The molecule has 1 aromatic rings. The first kappa shape index (κ1) is 20.2. The molecule has 2 saturated carbocycles. The van der Waals surface area contributed by atoms with Gasteiger partial charge in [0.05, 0.1) is 7.11 Å².